The van der Waals surface area contributed by atoms with Gasteiger partial charge in [0.15, 0.2) is 5.78 Å². The third-order valence-electron chi connectivity index (χ3n) is 4.83. The Hall–Kier alpha value is -3.06. The fourth-order valence-electron chi connectivity index (χ4n) is 3.12. The number of nitrogens with one attached hydrogen (secondary N) is 1. The summed E-state index contributed by atoms with van der Waals surface area (Å²) in [6.07, 6.45) is 0. The van der Waals surface area contributed by atoms with E-state index in [1.165, 1.54) is 6.92 Å². The number of nitrogens with zero attached hydrogens (tertiary/aromatic N) is 3. The zero-order chi connectivity index (χ0) is 20.1. The number of piperazine rings is 1. The van der Waals surface area contributed by atoms with Gasteiger partial charge < -0.3 is 15.1 Å². The maximum atomic E-state index is 12.7. The van der Waals surface area contributed by atoms with Crippen LogP contribution < -0.4 is 5.32 Å². The lowest BCUT2D eigenvalue weighted by molar-refractivity contribution is 0.0637. The first-order valence-corrected chi connectivity index (χ1v) is 9.39. The molecule has 0 saturated carbocycles. The highest BCUT2D eigenvalue weighted by molar-refractivity contribution is 6.04. The Morgan fingerprint density at radius 1 is 1.00 bits per heavy atom. The van der Waals surface area contributed by atoms with Crippen LogP contribution >= 0.6 is 0 Å². The van der Waals surface area contributed by atoms with Crippen molar-refractivity contribution in [3.8, 4) is 0 Å². The van der Waals surface area contributed by atoms with Gasteiger partial charge in [-0.3, -0.25) is 14.4 Å². The number of anilines is 1. The van der Waals surface area contributed by atoms with Crippen LogP contribution in [0.4, 0.5) is 5.69 Å². The van der Waals surface area contributed by atoms with Crippen molar-refractivity contribution in [2.75, 3.05) is 38.0 Å². The van der Waals surface area contributed by atoms with Gasteiger partial charge in [0.2, 0.25) is 0 Å². The smallest absolute Gasteiger partial charge is 0.274 e. The summed E-state index contributed by atoms with van der Waals surface area (Å²) in [4.78, 5) is 45.1. The molecule has 2 aromatic rings. The Morgan fingerprint density at radius 3 is 2.36 bits per heavy atom. The second-order valence-electron chi connectivity index (χ2n) is 6.73. The van der Waals surface area contributed by atoms with Gasteiger partial charge in [-0.15, -0.1) is 0 Å². The maximum absolute atomic E-state index is 12.7. The second-order valence-corrected chi connectivity index (χ2v) is 6.73. The molecule has 146 valence electrons. The van der Waals surface area contributed by atoms with Gasteiger partial charge in [-0.1, -0.05) is 25.1 Å². The van der Waals surface area contributed by atoms with Crippen LogP contribution in [-0.2, 0) is 0 Å². The van der Waals surface area contributed by atoms with Crippen molar-refractivity contribution in [1.29, 1.82) is 0 Å². The molecule has 1 aromatic carbocycles. The molecule has 1 saturated heterocycles. The summed E-state index contributed by atoms with van der Waals surface area (Å²) in [5, 5.41) is 2.73. The number of aromatic nitrogens is 1. The zero-order valence-electron chi connectivity index (χ0n) is 16.1. The quantitative estimate of drug-likeness (QED) is 0.805. The van der Waals surface area contributed by atoms with E-state index in [1.807, 2.05) is 0 Å². The fourth-order valence-corrected chi connectivity index (χ4v) is 3.12. The van der Waals surface area contributed by atoms with Gasteiger partial charge in [0.1, 0.15) is 11.4 Å². The number of hydrogen-bond donors (Lipinski definition) is 1. The van der Waals surface area contributed by atoms with E-state index in [4.69, 9.17) is 0 Å². The van der Waals surface area contributed by atoms with Crippen molar-refractivity contribution in [1.82, 2.24) is 14.8 Å². The minimum atomic E-state index is -0.425. The first kappa shape index (κ1) is 19.7. The number of benzene rings is 1. The van der Waals surface area contributed by atoms with Crippen molar-refractivity contribution >= 4 is 23.3 Å². The summed E-state index contributed by atoms with van der Waals surface area (Å²) in [6, 6.07) is 11.6. The van der Waals surface area contributed by atoms with Crippen molar-refractivity contribution in [2.45, 2.75) is 13.8 Å². The van der Waals surface area contributed by atoms with Crippen LogP contribution in [0.1, 0.15) is 45.2 Å². The molecule has 1 aromatic heterocycles. The molecule has 1 aliphatic heterocycles. The zero-order valence-corrected chi connectivity index (χ0v) is 16.1. The molecule has 3 rings (SSSR count). The van der Waals surface area contributed by atoms with E-state index in [-0.39, 0.29) is 23.1 Å². The molecular weight excluding hydrogens is 356 g/mol. The van der Waals surface area contributed by atoms with Crippen molar-refractivity contribution < 1.29 is 14.4 Å². The summed E-state index contributed by atoms with van der Waals surface area (Å²) in [6.45, 7) is 7.54. The van der Waals surface area contributed by atoms with Gasteiger partial charge in [0.25, 0.3) is 11.8 Å². The maximum Gasteiger partial charge on any atom is 0.274 e. The molecule has 0 radical (unpaired) electrons. The van der Waals surface area contributed by atoms with Crippen molar-refractivity contribution in [2.24, 2.45) is 0 Å². The lowest BCUT2D eigenvalue weighted by atomic mass is 10.1. The second kappa shape index (κ2) is 8.75. The Labute approximate surface area is 164 Å². The average Bonchev–Trinajstić information content (AvgIpc) is 2.73. The molecule has 1 N–H and O–H groups in total. The highest BCUT2D eigenvalue weighted by atomic mass is 16.2. The molecule has 7 nitrogen and oxygen atoms in total. The predicted octanol–water partition coefficient (Wildman–Crippen LogP) is 2.31. The minimum Gasteiger partial charge on any atom is -0.335 e. The van der Waals surface area contributed by atoms with Crippen LogP contribution in [0.15, 0.2) is 42.5 Å². The SMILES string of the molecule is CCN1CCN(C(=O)c2cccc(C(=O)Nc3cccc(C(C)=O)c3)n2)CC1. The van der Waals surface area contributed by atoms with Crippen LogP contribution in [0.3, 0.4) is 0 Å². The lowest BCUT2D eigenvalue weighted by Crippen LogP contribution is -2.48. The van der Waals surface area contributed by atoms with E-state index in [2.05, 4.69) is 22.1 Å². The molecule has 0 unspecified atom stereocenters. The summed E-state index contributed by atoms with van der Waals surface area (Å²) in [7, 11) is 0. The number of carbonyl (C=O) groups is 3. The predicted molar refractivity (Wildman–Crippen MR) is 107 cm³/mol. The monoisotopic (exact) mass is 380 g/mol. The van der Waals surface area contributed by atoms with Crippen LogP contribution in [0.25, 0.3) is 0 Å². The highest BCUT2D eigenvalue weighted by Gasteiger charge is 2.23. The number of pyridine rings is 1. The molecule has 1 aliphatic rings. The molecule has 7 heteroatoms. The molecule has 0 spiro atoms. The van der Waals surface area contributed by atoms with Crippen molar-refractivity contribution in [3.05, 3.63) is 59.4 Å². The van der Waals surface area contributed by atoms with Crippen LogP contribution in [0.2, 0.25) is 0 Å². The molecular formula is C21H24N4O3. The van der Waals surface area contributed by atoms with Crippen LogP contribution in [-0.4, -0.2) is 65.1 Å². The Bertz CT molecular complexity index is 889. The van der Waals surface area contributed by atoms with Gasteiger partial charge in [-0.2, -0.15) is 0 Å². The number of likely N-dealkylation sites (N-methyl/N-ethyl adjacent to an activating group) is 1. The highest BCUT2D eigenvalue weighted by Crippen LogP contribution is 2.13. The third-order valence-corrected chi connectivity index (χ3v) is 4.83. The van der Waals surface area contributed by atoms with E-state index in [0.717, 1.165) is 19.6 Å². The van der Waals surface area contributed by atoms with Crippen molar-refractivity contribution in [3.63, 3.8) is 0 Å². The Kier molecular flexibility index (Phi) is 6.16. The fraction of sp³-hybridized carbons (Fsp3) is 0.333. The molecule has 1 fully saturated rings. The summed E-state index contributed by atoms with van der Waals surface area (Å²) in [5.74, 6) is -0.667. The Morgan fingerprint density at radius 2 is 1.68 bits per heavy atom. The summed E-state index contributed by atoms with van der Waals surface area (Å²) in [5.41, 5.74) is 1.44. The summed E-state index contributed by atoms with van der Waals surface area (Å²) >= 11 is 0. The van der Waals surface area contributed by atoms with E-state index < -0.39 is 5.91 Å². The lowest BCUT2D eigenvalue weighted by Gasteiger charge is -2.33. The first-order valence-electron chi connectivity index (χ1n) is 9.39. The third kappa shape index (κ3) is 4.61. The van der Waals surface area contributed by atoms with E-state index in [9.17, 15) is 14.4 Å². The number of carbonyl (C=O) groups excluding carboxylic acids is 3. The normalized spacial score (nSPS) is 14.6. The Balaban J connectivity index is 1.70. The number of hydrogen-bond acceptors (Lipinski definition) is 5. The molecule has 0 bridgehead atoms. The van der Waals surface area contributed by atoms with Crippen LogP contribution in [0.5, 0.6) is 0 Å². The molecule has 2 heterocycles. The largest absolute Gasteiger partial charge is 0.335 e. The molecule has 2 amide bonds. The van der Waals surface area contributed by atoms with E-state index in [1.54, 1.807) is 47.4 Å². The van der Waals surface area contributed by atoms with Gasteiger partial charge in [-0.05, 0) is 37.7 Å². The standard InChI is InChI=1S/C21H24N4O3/c1-3-24-10-12-25(13-11-24)21(28)19-9-5-8-18(23-19)20(27)22-17-7-4-6-16(14-17)15(2)26/h4-9,14H,3,10-13H2,1-2H3,(H,22,27). The van der Waals surface area contributed by atoms with Gasteiger partial charge in [-0.25, -0.2) is 4.98 Å². The number of rotatable bonds is 5. The number of ketones is 1. The van der Waals surface area contributed by atoms with Gasteiger partial charge in [0, 0.05) is 37.4 Å². The van der Waals surface area contributed by atoms with Gasteiger partial charge in [0.05, 0.1) is 0 Å². The summed E-state index contributed by atoms with van der Waals surface area (Å²) < 4.78 is 0. The van der Waals surface area contributed by atoms with E-state index in [0.29, 0.717) is 24.3 Å². The van der Waals surface area contributed by atoms with E-state index >= 15 is 0 Å². The first-order chi connectivity index (χ1) is 13.5. The molecule has 28 heavy (non-hydrogen) atoms. The minimum absolute atomic E-state index is 0.0787. The number of amides is 2. The molecule has 0 aliphatic carbocycles. The molecule has 0 atom stereocenters. The number of Topliss-reactive ketones (excluding diaryl/α,β-unsaturated/α-hetero) is 1. The average molecular weight is 380 g/mol. The van der Waals surface area contributed by atoms with Crippen LogP contribution in [0, 0.1) is 0 Å². The topological polar surface area (TPSA) is 82.6 Å². The van der Waals surface area contributed by atoms with Gasteiger partial charge >= 0.3 is 0 Å².